The zero-order valence-corrected chi connectivity index (χ0v) is 18.6. The first-order valence-electron chi connectivity index (χ1n) is 9.66. The predicted molar refractivity (Wildman–Crippen MR) is 119 cm³/mol. The van der Waals surface area contributed by atoms with E-state index in [9.17, 15) is 14.9 Å². The van der Waals surface area contributed by atoms with E-state index in [4.69, 9.17) is 0 Å². The summed E-state index contributed by atoms with van der Waals surface area (Å²) in [6, 6.07) is 6.70. The second-order valence-corrected chi connectivity index (χ2v) is 9.56. The second kappa shape index (κ2) is 8.98. The summed E-state index contributed by atoms with van der Waals surface area (Å²) in [6.07, 6.45) is 6.10. The smallest absolute Gasteiger partial charge is 0.283 e. The number of nitrogens with zero attached hydrogens (tertiary/aromatic N) is 5. The van der Waals surface area contributed by atoms with Gasteiger partial charge in [0.25, 0.3) is 11.6 Å². The number of hydrogen-bond acceptors (Lipinski definition) is 8. The number of carbonyl (C=O) groups excluding carboxylic acids is 1. The monoisotopic (exact) mass is 456 g/mol. The number of nitrogens with one attached hydrogen (secondary N) is 1. The summed E-state index contributed by atoms with van der Waals surface area (Å²) >= 11 is 2.67. The van der Waals surface area contributed by atoms with Gasteiger partial charge in [0.1, 0.15) is 6.33 Å². The van der Waals surface area contributed by atoms with Gasteiger partial charge in [-0.05, 0) is 54.6 Å². The molecule has 0 radical (unpaired) electrons. The summed E-state index contributed by atoms with van der Waals surface area (Å²) in [4.78, 5) is 25.8. The summed E-state index contributed by atoms with van der Waals surface area (Å²) in [5, 5.41) is 23.8. The van der Waals surface area contributed by atoms with Crippen LogP contribution >= 0.6 is 23.1 Å². The van der Waals surface area contributed by atoms with Gasteiger partial charge in [-0.1, -0.05) is 13.0 Å². The van der Waals surface area contributed by atoms with Crippen LogP contribution in [0.1, 0.15) is 39.0 Å². The van der Waals surface area contributed by atoms with Crippen molar-refractivity contribution < 1.29 is 9.72 Å². The van der Waals surface area contributed by atoms with E-state index in [1.807, 2.05) is 6.07 Å². The van der Waals surface area contributed by atoms with E-state index in [0.29, 0.717) is 26.4 Å². The molecule has 3 aromatic rings. The van der Waals surface area contributed by atoms with Crippen molar-refractivity contribution in [3.8, 4) is 0 Å². The number of nitro groups is 1. The summed E-state index contributed by atoms with van der Waals surface area (Å²) in [5.74, 6) is 0.369. The highest BCUT2D eigenvalue weighted by Gasteiger charge is 2.21. The van der Waals surface area contributed by atoms with Crippen LogP contribution in [0.25, 0.3) is 0 Å². The minimum absolute atomic E-state index is 0.0664. The van der Waals surface area contributed by atoms with Crippen molar-refractivity contribution >= 4 is 40.9 Å². The minimum atomic E-state index is -0.453. The average Bonchev–Trinajstić information content (AvgIpc) is 3.34. The maximum atomic E-state index is 12.4. The number of hydrazone groups is 1. The lowest BCUT2D eigenvalue weighted by Gasteiger charge is -2.16. The van der Waals surface area contributed by atoms with Gasteiger partial charge in [0.2, 0.25) is 0 Å². The topological polar surface area (TPSA) is 115 Å². The van der Waals surface area contributed by atoms with E-state index < -0.39 is 4.92 Å². The first kappa shape index (κ1) is 21.2. The molecule has 2 heterocycles. The van der Waals surface area contributed by atoms with Crippen molar-refractivity contribution in [2.75, 3.05) is 0 Å². The number of hydrogen-bond donors (Lipinski definition) is 1. The Hall–Kier alpha value is -3.05. The van der Waals surface area contributed by atoms with E-state index in [2.05, 4.69) is 27.6 Å². The number of nitro benzene ring substituents is 1. The maximum absolute atomic E-state index is 12.4. The van der Waals surface area contributed by atoms with Crippen molar-refractivity contribution in [2.24, 2.45) is 18.1 Å². The van der Waals surface area contributed by atoms with Crippen LogP contribution in [0.4, 0.5) is 5.69 Å². The number of rotatable bonds is 6. The van der Waals surface area contributed by atoms with Gasteiger partial charge in [-0.15, -0.1) is 21.5 Å². The molecule has 4 rings (SSSR count). The zero-order valence-electron chi connectivity index (χ0n) is 16.9. The number of carbonyl (C=O) groups is 1. The molecule has 11 heteroatoms. The Balaban J connectivity index is 1.45. The average molecular weight is 457 g/mol. The van der Waals surface area contributed by atoms with Crippen LogP contribution in [0.2, 0.25) is 0 Å². The molecule has 1 aliphatic carbocycles. The molecule has 0 bridgehead atoms. The molecule has 31 heavy (non-hydrogen) atoms. The van der Waals surface area contributed by atoms with Crippen molar-refractivity contribution in [1.29, 1.82) is 0 Å². The molecule has 1 aromatic carbocycles. The molecule has 9 nitrogen and oxygen atoms in total. The van der Waals surface area contributed by atoms with Crippen molar-refractivity contribution in [2.45, 2.75) is 36.2 Å². The Labute approximate surface area is 186 Å². The standard InChI is InChI=1S/C20H20N6O3S2/c1-12-3-5-16-14(7-12)9-18(30-16)19(27)23-21-10-13-4-6-17(15(8-13)26(28)29)31-20-24-22-11-25(20)2/h4,6,8-12H,3,5,7H2,1-2H3,(H,23,27)/b21-10-/t12-/m0/s1. The highest BCUT2D eigenvalue weighted by atomic mass is 32.2. The van der Waals surface area contributed by atoms with Crippen molar-refractivity contribution in [3.63, 3.8) is 0 Å². The lowest BCUT2D eigenvalue weighted by Crippen LogP contribution is -2.16. The third kappa shape index (κ3) is 4.83. The summed E-state index contributed by atoms with van der Waals surface area (Å²) in [5.41, 5.74) is 4.21. The van der Waals surface area contributed by atoms with E-state index in [1.165, 1.54) is 40.4 Å². The normalized spacial score (nSPS) is 15.7. The molecule has 1 atom stereocenters. The fraction of sp³-hybridized carbons (Fsp3) is 0.300. The molecule has 1 N–H and O–H groups in total. The maximum Gasteiger partial charge on any atom is 0.283 e. The first-order valence-corrected chi connectivity index (χ1v) is 11.3. The quantitative estimate of drug-likeness (QED) is 0.342. The van der Waals surface area contributed by atoms with E-state index >= 15 is 0 Å². The molecule has 0 saturated carbocycles. The number of aromatic nitrogens is 3. The Morgan fingerprint density at radius 1 is 1.45 bits per heavy atom. The zero-order chi connectivity index (χ0) is 22.0. The van der Waals surface area contributed by atoms with Gasteiger partial charge in [0.15, 0.2) is 5.16 Å². The molecule has 160 valence electrons. The Morgan fingerprint density at radius 2 is 2.29 bits per heavy atom. The van der Waals surface area contributed by atoms with E-state index in [1.54, 1.807) is 23.7 Å². The fourth-order valence-corrected chi connectivity index (χ4v) is 5.29. The third-order valence-corrected chi connectivity index (χ3v) is 7.34. The lowest BCUT2D eigenvalue weighted by atomic mass is 9.90. The van der Waals surface area contributed by atoms with Crippen LogP contribution in [0, 0.1) is 16.0 Å². The number of aryl methyl sites for hydroxylation is 2. The highest BCUT2D eigenvalue weighted by Crippen LogP contribution is 2.34. The van der Waals surface area contributed by atoms with Gasteiger partial charge in [-0.3, -0.25) is 14.9 Å². The first-order chi connectivity index (χ1) is 14.9. The molecule has 0 spiro atoms. The van der Waals surface area contributed by atoms with Crippen LogP contribution in [-0.4, -0.2) is 31.8 Å². The molecular weight excluding hydrogens is 436 g/mol. The second-order valence-electron chi connectivity index (χ2n) is 7.42. The predicted octanol–water partition coefficient (Wildman–Crippen LogP) is 3.82. The van der Waals surface area contributed by atoms with Crippen LogP contribution < -0.4 is 5.43 Å². The summed E-state index contributed by atoms with van der Waals surface area (Å²) < 4.78 is 1.68. The molecule has 1 aliphatic rings. The largest absolute Gasteiger partial charge is 0.311 e. The molecule has 0 fully saturated rings. The SMILES string of the molecule is C[C@H]1CCc2sc(C(=O)N/N=C\c3ccc(Sc4nncn4C)c([N+](=O)[O-])c3)cc2C1. The molecule has 2 aromatic heterocycles. The Kier molecular flexibility index (Phi) is 6.14. The number of benzene rings is 1. The van der Waals surface area contributed by atoms with Gasteiger partial charge in [0, 0.05) is 23.6 Å². The lowest BCUT2D eigenvalue weighted by molar-refractivity contribution is -0.387. The van der Waals surface area contributed by atoms with Gasteiger partial charge in [0.05, 0.1) is 20.9 Å². The van der Waals surface area contributed by atoms with Gasteiger partial charge >= 0.3 is 0 Å². The van der Waals surface area contributed by atoms with Gasteiger partial charge in [-0.2, -0.15) is 5.10 Å². The number of thiophene rings is 1. The van der Waals surface area contributed by atoms with Crippen molar-refractivity contribution in [1.82, 2.24) is 20.2 Å². The van der Waals surface area contributed by atoms with E-state index in [-0.39, 0.29) is 11.6 Å². The third-order valence-electron chi connectivity index (χ3n) is 4.98. The summed E-state index contributed by atoms with van der Waals surface area (Å²) in [7, 11) is 1.77. The number of amides is 1. The van der Waals surface area contributed by atoms with Crippen LogP contribution in [0.5, 0.6) is 0 Å². The van der Waals surface area contributed by atoms with Crippen molar-refractivity contribution in [3.05, 3.63) is 61.6 Å². The summed E-state index contributed by atoms with van der Waals surface area (Å²) in [6.45, 7) is 2.22. The molecule has 1 amide bonds. The molecule has 0 unspecified atom stereocenters. The van der Waals surface area contributed by atoms with E-state index in [0.717, 1.165) is 31.0 Å². The molecular formula is C20H20N6O3S2. The van der Waals surface area contributed by atoms with Crippen LogP contribution in [0.15, 0.2) is 45.7 Å². The van der Waals surface area contributed by atoms with Gasteiger partial charge in [-0.25, -0.2) is 5.43 Å². The van der Waals surface area contributed by atoms with Crippen LogP contribution in [0.3, 0.4) is 0 Å². The Bertz CT molecular complexity index is 1170. The van der Waals surface area contributed by atoms with Gasteiger partial charge < -0.3 is 4.57 Å². The fourth-order valence-electron chi connectivity index (χ4n) is 3.35. The Morgan fingerprint density at radius 3 is 3.03 bits per heavy atom. The minimum Gasteiger partial charge on any atom is -0.311 e. The molecule has 0 aliphatic heterocycles. The molecule has 0 saturated heterocycles. The number of fused-ring (bicyclic) bond motifs is 1. The van der Waals surface area contributed by atoms with Crippen LogP contribution in [-0.2, 0) is 19.9 Å². The highest BCUT2D eigenvalue weighted by molar-refractivity contribution is 7.99.